The molecule has 2 N–H and O–H groups in total. The van der Waals surface area contributed by atoms with Crippen molar-refractivity contribution in [1.82, 2.24) is 0 Å². The van der Waals surface area contributed by atoms with Gasteiger partial charge in [0.25, 0.3) is 0 Å². The van der Waals surface area contributed by atoms with Crippen molar-refractivity contribution >= 4 is 23.3 Å². The number of benzene rings is 1. The Kier molecular flexibility index (Phi) is 6.54. The minimum absolute atomic E-state index is 0.185. The molecule has 1 aromatic rings. The van der Waals surface area contributed by atoms with Crippen LogP contribution in [0.15, 0.2) is 18.2 Å². The van der Waals surface area contributed by atoms with Crippen molar-refractivity contribution < 1.29 is 14.6 Å². The third-order valence-corrected chi connectivity index (χ3v) is 2.73. The largest absolute Gasteiger partial charge is 0.478 e. The zero-order chi connectivity index (χ0) is 13.4. The quantitative estimate of drug-likeness (QED) is 0.713. The van der Waals surface area contributed by atoms with E-state index >= 15 is 0 Å². The Morgan fingerprint density at radius 1 is 1.44 bits per heavy atom. The van der Waals surface area contributed by atoms with Gasteiger partial charge in [0.2, 0.25) is 0 Å². The molecular weight excluding hydrogens is 254 g/mol. The van der Waals surface area contributed by atoms with Crippen molar-refractivity contribution in [3.63, 3.8) is 0 Å². The lowest BCUT2D eigenvalue weighted by molar-refractivity contribution is 0.0697. The summed E-state index contributed by atoms with van der Waals surface area (Å²) in [6.45, 7) is 4.14. The van der Waals surface area contributed by atoms with Gasteiger partial charge in [0.15, 0.2) is 0 Å². The van der Waals surface area contributed by atoms with E-state index in [1.165, 1.54) is 12.1 Å². The van der Waals surface area contributed by atoms with Crippen molar-refractivity contribution in [3.8, 4) is 0 Å². The molecule has 0 bridgehead atoms. The van der Waals surface area contributed by atoms with Gasteiger partial charge in [-0.1, -0.05) is 24.9 Å². The summed E-state index contributed by atoms with van der Waals surface area (Å²) in [6, 6.07) is 4.62. The molecule has 0 saturated heterocycles. The number of carbonyl (C=O) groups is 1. The molecule has 0 atom stereocenters. The van der Waals surface area contributed by atoms with E-state index in [1.54, 1.807) is 6.07 Å². The number of rotatable bonds is 8. The van der Waals surface area contributed by atoms with Crippen molar-refractivity contribution in [2.75, 3.05) is 25.1 Å². The van der Waals surface area contributed by atoms with Crippen LogP contribution in [0.1, 0.15) is 30.1 Å². The molecule has 5 heteroatoms. The molecule has 0 aliphatic heterocycles. The van der Waals surface area contributed by atoms with Crippen molar-refractivity contribution in [2.24, 2.45) is 0 Å². The van der Waals surface area contributed by atoms with Crippen LogP contribution in [0.25, 0.3) is 0 Å². The molecule has 0 aliphatic carbocycles. The molecule has 0 saturated carbocycles. The van der Waals surface area contributed by atoms with Gasteiger partial charge in [0.05, 0.1) is 22.9 Å². The monoisotopic (exact) mass is 271 g/mol. The highest BCUT2D eigenvalue weighted by Crippen LogP contribution is 2.22. The molecule has 18 heavy (non-hydrogen) atoms. The SMILES string of the molecule is CCCCOCCNc1ccc(C(=O)O)cc1Cl. The Bertz CT molecular complexity index is 396. The van der Waals surface area contributed by atoms with E-state index in [9.17, 15) is 4.79 Å². The Hall–Kier alpha value is -1.26. The summed E-state index contributed by atoms with van der Waals surface area (Å²) in [7, 11) is 0. The Morgan fingerprint density at radius 3 is 2.83 bits per heavy atom. The number of aromatic carboxylic acids is 1. The molecule has 0 aliphatic rings. The fraction of sp³-hybridized carbons (Fsp3) is 0.462. The van der Waals surface area contributed by atoms with Gasteiger partial charge in [-0.15, -0.1) is 0 Å². The number of halogens is 1. The molecule has 0 spiro atoms. The number of hydrogen-bond acceptors (Lipinski definition) is 3. The first-order valence-corrected chi connectivity index (χ1v) is 6.37. The van der Waals surface area contributed by atoms with Gasteiger partial charge in [-0.25, -0.2) is 4.79 Å². The van der Waals surface area contributed by atoms with Gasteiger partial charge >= 0.3 is 5.97 Å². The highest BCUT2D eigenvalue weighted by atomic mass is 35.5. The second-order valence-corrected chi connectivity index (χ2v) is 4.30. The van der Waals surface area contributed by atoms with E-state index < -0.39 is 5.97 Å². The molecule has 4 nitrogen and oxygen atoms in total. The van der Waals surface area contributed by atoms with Crippen molar-refractivity contribution in [2.45, 2.75) is 19.8 Å². The average molecular weight is 272 g/mol. The van der Waals surface area contributed by atoms with Crippen LogP contribution in [0.4, 0.5) is 5.69 Å². The van der Waals surface area contributed by atoms with E-state index in [1.807, 2.05) is 0 Å². The number of unbranched alkanes of at least 4 members (excludes halogenated alkanes) is 1. The number of carboxylic acid groups (broad SMARTS) is 1. The summed E-state index contributed by atoms with van der Waals surface area (Å²) < 4.78 is 5.40. The third kappa shape index (κ3) is 4.94. The van der Waals surface area contributed by atoms with Gasteiger partial charge in [0, 0.05) is 13.2 Å². The maximum absolute atomic E-state index is 10.7. The Morgan fingerprint density at radius 2 is 2.22 bits per heavy atom. The van der Waals surface area contributed by atoms with Crippen LogP contribution in [-0.2, 0) is 4.74 Å². The first-order valence-electron chi connectivity index (χ1n) is 5.99. The lowest BCUT2D eigenvalue weighted by atomic mass is 10.2. The normalized spacial score (nSPS) is 10.3. The molecule has 1 rings (SSSR count). The topological polar surface area (TPSA) is 58.6 Å². The molecule has 0 radical (unpaired) electrons. The first kappa shape index (κ1) is 14.8. The van der Waals surface area contributed by atoms with E-state index in [4.69, 9.17) is 21.4 Å². The smallest absolute Gasteiger partial charge is 0.335 e. The second-order valence-electron chi connectivity index (χ2n) is 3.89. The molecule has 0 amide bonds. The zero-order valence-electron chi connectivity index (χ0n) is 10.4. The maximum atomic E-state index is 10.7. The minimum atomic E-state index is -0.980. The average Bonchev–Trinajstić information content (AvgIpc) is 2.35. The summed E-state index contributed by atoms with van der Waals surface area (Å²) in [4.78, 5) is 10.7. The fourth-order valence-corrected chi connectivity index (χ4v) is 1.65. The predicted octanol–water partition coefficient (Wildman–Crippen LogP) is 3.27. The molecule has 100 valence electrons. The fourth-order valence-electron chi connectivity index (χ4n) is 1.40. The first-order chi connectivity index (χ1) is 8.65. The number of ether oxygens (including phenoxy) is 1. The number of carboxylic acids is 1. The van der Waals surface area contributed by atoms with E-state index in [0.717, 1.165) is 25.1 Å². The van der Waals surface area contributed by atoms with Crippen LogP contribution in [-0.4, -0.2) is 30.8 Å². The molecular formula is C13H18ClNO3. The summed E-state index contributed by atoms with van der Waals surface area (Å²) in [6.07, 6.45) is 2.18. The van der Waals surface area contributed by atoms with Crippen molar-refractivity contribution in [3.05, 3.63) is 28.8 Å². The van der Waals surface area contributed by atoms with E-state index in [-0.39, 0.29) is 5.56 Å². The van der Waals surface area contributed by atoms with Crippen LogP contribution in [0.3, 0.4) is 0 Å². The van der Waals surface area contributed by atoms with Gasteiger partial charge < -0.3 is 15.2 Å². The second kappa shape index (κ2) is 7.95. The number of anilines is 1. The summed E-state index contributed by atoms with van der Waals surface area (Å²) in [5.74, 6) is -0.980. The summed E-state index contributed by atoms with van der Waals surface area (Å²) in [5, 5.41) is 12.3. The minimum Gasteiger partial charge on any atom is -0.478 e. The van der Waals surface area contributed by atoms with Gasteiger partial charge in [0.1, 0.15) is 0 Å². The zero-order valence-corrected chi connectivity index (χ0v) is 11.2. The molecule has 1 aromatic carbocycles. The lowest BCUT2D eigenvalue weighted by Gasteiger charge is -2.09. The highest BCUT2D eigenvalue weighted by molar-refractivity contribution is 6.33. The van der Waals surface area contributed by atoms with Crippen LogP contribution in [0.2, 0.25) is 5.02 Å². The maximum Gasteiger partial charge on any atom is 0.335 e. The molecule has 0 aromatic heterocycles. The summed E-state index contributed by atoms with van der Waals surface area (Å²) >= 11 is 5.97. The van der Waals surface area contributed by atoms with Crippen LogP contribution < -0.4 is 5.32 Å². The lowest BCUT2D eigenvalue weighted by Crippen LogP contribution is -2.10. The van der Waals surface area contributed by atoms with E-state index in [2.05, 4.69) is 12.2 Å². The standard InChI is InChI=1S/C13H18ClNO3/c1-2-3-7-18-8-6-15-12-5-4-10(13(16)17)9-11(12)14/h4-5,9,15H,2-3,6-8H2,1H3,(H,16,17). The van der Waals surface area contributed by atoms with Crippen molar-refractivity contribution in [1.29, 1.82) is 0 Å². The Balaban J connectivity index is 2.36. The van der Waals surface area contributed by atoms with E-state index in [0.29, 0.717) is 18.2 Å². The molecule has 0 fully saturated rings. The van der Waals surface area contributed by atoms with Crippen LogP contribution in [0, 0.1) is 0 Å². The number of nitrogens with one attached hydrogen (secondary N) is 1. The van der Waals surface area contributed by atoms with Crippen LogP contribution in [0.5, 0.6) is 0 Å². The van der Waals surface area contributed by atoms with Crippen LogP contribution >= 0.6 is 11.6 Å². The number of hydrogen-bond donors (Lipinski definition) is 2. The van der Waals surface area contributed by atoms with Gasteiger partial charge in [-0.05, 0) is 24.6 Å². The predicted molar refractivity (Wildman–Crippen MR) is 72.6 cm³/mol. The summed E-state index contributed by atoms with van der Waals surface area (Å²) in [5.41, 5.74) is 0.908. The highest BCUT2D eigenvalue weighted by Gasteiger charge is 2.06. The molecule has 0 unspecified atom stereocenters. The van der Waals surface area contributed by atoms with Gasteiger partial charge in [-0.3, -0.25) is 0 Å². The van der Waals surface area contributed by atoms with Gasteiger partial charge in [-0.2, -0.15) is 0 Å². The molecule has 0 heterocycles. The third-order valence-electron chi connectivity index (χ3n) is 2.42. The Labute approximate surface area is 112 Å².